The molecule has 188 valence electrons. The monoisotopic (exact) mass is 522 g/mol. The minimum absolute atomic E-state index is 0.0956. The van der Waals surface area contributed by atoms with Crippen molar-refractivity contribution in [3.8, 4) is 5.75 Å². The molecule has 2 aromatic carbocycles. The molecule has 3 aromatic rings. The molecule has 0 spiro atoms. The number of H-pyrrole nitrogens is 1. The highest BCUT2D eigenvalue weighted by molar-refractivity contribution is 7.80. The van der Waals surface area contributed by atoms with E-state index >= 15 is 0 Å². The highest BCUT2D eigenvalue weighted by Crippen LogP contribution is 2.28. The second-order valence-electron chi connectivity index (χ2n) is 7.75. The number of nitrogens with one attached hydrogen (secondary N) is 2. The number of rotatable bonds is 7. The average Bonchev–Trinajstić information content (AvgIpc) is 3.25. The molecule has 1 saturated heterocycles. The van der Waals surface area contributed by atoms with Gasteiger partial charge in [-0.25, -0.2) is 4.79 Å². The van der Waals surface area contributed by atoms with Crippen LogP contribution >= 0.6 is 12.2 Å². The molecular formula is C22H19F3N5O5S+. The normalized spacial score (nSPS) is 15.9. The maximum Gasteiger partial charge on any atom is 0.573 e. The molecular weight excluding hydrogens is 503 g/mol. The Morgan fingerprint density at radius 2 is 1.83 bits per heavy atom. The number of thiocarbonyl (C=S) groups is 1. The van der Waals surface area contributed by atoms with Crippen LogP contribution in [0.4, 0.5) is 24.5 Å². The van der Waals surface area contributed by atoms with Gasteiger partial charge in [-0.1, -0.05) is 22.9 Å². The summed E-state index contributed by atoms with van der Waals surface area (Å²) in [5.74, 6) is -1.51. The number of aryl methyl sites for hydroxylation is 1. The molecule has 1 aliphatic heterocycles. The number of benzene rings is 2. The van der Waals surface area contributed by atoms with Crippen molar-refractivity contribution in [2.75, 3.05) is 10.2 Å². The molecule has 1 aromatic heterocycles. The standard InChI is InChI=1S/C22H18F3N5O5S/c1-28-17(20(33)35-27-28)12-29-16(19(32)30(21(29)36)14-5-3-2-4-6-14)11-18(31)26-13-7-9-15(10-8-13)34-22(23,24)25/h2-10,16H,11-12H2,1H3,(H-,26,27,31,33)/p+1. The van der Waals surface area contributed by atoms with Gasteiger partial charge in [-0.15, -0.1) is 13.2 Å². The van der Waals surface area contributed by atoms with Gasteiger partial charge in [0.15, 0.2) is 12.2 Å². The van der Waals surface area contributed by atoms with E-state index in [4.69, 9.17) is 16.7 Å². The second kappa shape index (κ2) is 9.81. The summed E-state index contributed by atoms with van der Waals surface area (Å²) >= 11 is 5.54. The quantitative estimate of drug-likeness (QED) is 0.362. The molecule has 0 radical (unpaired) electrons. The zero-order valence-electron chi connectivity index (χ0n) is 18.6. The van der Waals surface area contributed by atoms with Crippen molar-refractivity contribution in [3.05, 3.63) is 70.7 Å². The first-order valence-corrected chi connectivity index (χ1v) is 10.9. The first kappa shape index (κ1) is 24.9. The molecule has 2 heterocycles. The van der Waals surface area contributed by atoms with E-state index in [0.29, 0.717) is 5.69 Å². The third-order valence-electron chi connectivity index (χ3n) is 5.32. The number of alkyl halides is 3. The van der Waals surface area contributed by atoms with Crippen LogP contribution in [0.1, 0.15) is 12.1 Å². The van der Waals surface area contributed by atoms with Crippen LogP contribution in [0, 0.1) is 0 Å². The van der Waals surface area contributed by atoms with Crippen LogP contribution in [0.3, 0.4) is 0 Å². The van der Waals surface area contributed by atoms with Crippen LogP contribution in [0.2, 0.25) is 0 Å². The van der Waals surface area contributed by atoms with Crippen molar-refractivity contribution in [2.45, 2.75) is 25.4 Å². The van der Waals surface area contributed by atoms with Crippen molar-refractivity contribution in [2.24, 2.45) is 7.05 Å². The number of anilines is 2. The number of carbonyl (C=O) groups is 2. The maximum absolute atomic E-state index is 13.4. The van der Waals surface area contributed by atoms with Gasteiger partial charge in [0, 0.05) is 5.69 Å². The van der Waals surface area contributed by atoms with Gasteiger partial charge in [0.2, 0.25) is 5.91 Å². The molecule has 14 heteroatoms. The first-order valence-electron chi connectivity index (χ1n) is 10.4. The van der Waals surface area contributed by atoms with Gasteiger partial charge in [0.05, 0.1) is 12.1 Å². The Bertz CT molecular complexity index is 1340. The summed E-state index contributed by atoms with van der Waals surface area (Å²) < 4.78 is 47.0. The van der Waals surface area contributed by atoms with Crippen LogP contribution in [-0.4, -0.2) is 39.5 Å². The minimum Gasteiger partial charge on any atom is -0.406 e. The molecule has 0 bridgehead atoms. The van der Waals surface area contributed by atoms with Crippen LogP contribution in [-0.2, 0) is 23.2 Å². The largest absolute Gasteiger partial charge is 0.573 e. The van der Waals surface area contributed by atoms with Crippen molar-refractivity contribution >= 4 is 40.5 Å². The average molecular weight is 522 g/mol. The minimum atomic E-state index is -4.84. The third kappa shape index (κ3) is 5.38. The first-order chi connectivity index (χ1) is 17.0. The number of ether oxygens (including phenoxy) is 1. The van der Waals surface area contributed by atoms with E-state index < -0.39 is 35.6 Å². The topological polar surface area (TPSA) is 112 Å². The molecule has 1 aliphatic rings. The Morgan fingerprint density at radius 3 is 2.42 bits per heavy atom. The van der Waals surface area contributed by atoms with Crippen LogP contribution in [0.25, 0.3) is 0 Å². The Balaban J connectivity index is 1.55. The summed E-state index contributed by atoms with van der Waals surface area (Å²) in [5, 5.41) is 5.03. The molecule has 2 amide bonds. The van der Waals surface area contributed by atoms with Crippen molar-refractivity contribution < 1.29 is 36.7 Å². The van der Waals surface area contributed by atoms with Gasteiger partial charge in [0.1, 0.15) is 18.3 Å². The lowest BCUT2D eigenvalue weighted by atomic mass is 10.1. The summed E-state index contributed by atoms with van der Waals surface area (Å²) in [6.07, 6.45) is -5.18. The summed E-state index contributed by atoms with van der Waals surface area (Å²) in [5.41, 5.74) is 0.207. The Hall–Kier alpha value is -4.20. The fraction of sp³-hybridized carbons (Fsp3) is 0.227. The third-order valence-corrected chi connectivity index (χ3v) is 5.74. The maximum atomic E-state index is 13.4. The molecule has 1 fully saturated rings. The van der Waals surface area contributed by atoms with Gasteiger partial charge >= 0.3 is 17.7 Å². The number of hydrogen-bond donors (Lipinski definition) is 2. The SMILES string of the molecule is C[n+]1[nH]oc(=O)c1CN1C(=S)N(c2ccccc2)C(=O)C1CC(=O)Nc1ccc(OC(F)(F)F)cc1. The molecule has 0 aliphatic carbocycles. The van der Waals surface area contributed by atoms with Crippen LogP contribution in [0.5, 0.6) is 5.75 Å². The number of para-hydroxylation sites is 1. The number of halogens is 3. The van der Waals surface area contributed by atoms with E-state index in [0.717, 1.165) is 12.1 Å². The van der Waals surface area contributed by atoms with Crippen molar-refractivity contribution in [1.82, 2.24) is 10.2 Å². The van der Waals surface area contributed by atoms with Gasteiger partial charge in [-0.2, -0.15) is 0 Å². The second-order valence-corrected chi connectivity index (χ2v) is 8.11. The summed E-state index contributed by atoms with van der Waals surface area (Å²) in [6, 6.07) is 12.1. The molecule has 2 N–H and O–H groups in total. The van der Waals surface area contributed by atoms with Gasteiger partial charge in [-0.3, -0.25) is 19.0 Å². The van der Waals surface area contributed by atoms with E-state index in [1.807, 2.05) is 0 Å². The number of nitrogens with zero attached hydrogens (tertiary/aromatic N) is 3. The lowest BCUT2D eigenvalue weighted by Gasteiger charge is -2.21. The predicted molar refractivity (Wildman–Crippen MR) is 123 cm³/mol. The molecule has 4 rings (SSSR count). The molecule has 36 heavy (non-hydrogen) atoms. The summed E-state index contributed by atoms with van der Waals surface area (Å²) in [4.78, 5) is 41.0. The van der Waals surface area contributed by atoms with E-state index in [-0.39, 0.29) is 29.5 Å². The number of amides is 2. The lowest BCUT2D eigenvalue weighted by molar-refractivity contribution is -0.746. The zero-order valence-corrected chi connectivity index (χ0v) is 19.4. The predicted octanol–water partition coefficient (Wildman–Crippen LogP) is 2.22. The van der Waals surface area contributed by atoms with Crippen molar-refractivity contribution in [1.29, 1.82) is 0 Å². The van der Waals surface area contributed by atoms with Crippen molar-refractivity contribution in [3.63, 3.8) is 0 Å². The number of aromatic nitrogens is 2. The van der Waals surface area contributed by atoms with Gasteiger partial charge in [0.25, 0.3) is 5.91 Å². The van der Waals surface area contributed by atoms with E-state index in [1.165, 1.54) is 26.6 Å². The fourth-order valence-corrected chi connectivity index (χ4v) is 4.04. The lowest BCUT2D eigenvalue weighted by Crippen LogP contribution is -2.44. The highest BCUT2D eigenvalue weighted by atomic mass is 32.1. The van der Waals surface area contributed by atoms with E-state index in [1.54, 1.807) is 37.4 Å². The smallest absolute Gasteiger partial charge is 0.406 e. The van der Waals surface area contributed by atoms with Gasteiger partial charge < -0.3 is 15.0 Å². The summed E-state index contributed by atoms with van der Waals surface area (Å²) in [7, 11) is 1.55. The zero-order chi connectivity index (χ0) is 26.0. The fourth-order valence-electron chi connectivity index (χ4n) is 3.65. The van der Waals surface area contributed by atoms with Gasteiger partial charge in [-0.05, 0) is 53.9 Å². The number of aromatic amines is 1. The number of carbonyl (C=O) groups excluding carboxylic acids is 2. The highest BCUT2D eigenvalue weighted by Gasteiger charge is 2.45. The Morgan fingerprint density at radius 1 is 1.17 bits per heavy atom. The van der Waals surface area contributed by atoms with E-state index in [9.17, 15) is 27.6 Å². The number of hydrogen-bond acceptors (Lipinski definition) is 6. The van der Waals surface area contributed by atoms with Crippen LogP contribution in [0.15, 0.2) is 63.9 Å². The van der Waals surface area contributed by atoms with Crippen LogP contribution < -0.4 is 25.3 Å². The molecule has 10 nitrogen and oxygen atoms in total. The molecule has 1 atom stereocenters. The van der Waals surface area contributed by atoms with E-state index in [2.05, 4.69) is 15.3 Å². The Labute approximate surface area is 206 Å². The molecule has 1 unspecified atom stereocenters. The summed E-state index contributed by atoms with van der Waals surface area (Å²) in [6.45, 7) is -0.113. The molecule has 0 saturated carbocycles. The Kier molecular flexibility index (Phi) is 6.79.